The molecule has 4 heteroatoms. The van der Waals surface area contributed by atoms with Gasteiger partial charge in [-0.15, -0.1) is 0 Å². The Morgan fingerprint density at radius 3 is 3.00 bits per heavy atom. The highest BCUT2D eigenvalue weighted by Crippen LogP contribution is 2.19. The Labute approximate surface area is 52.9 Å². The summed E-state index contributed by atoms with van der Waals surface area (Å²) in [5, 5.41) is 7.46. The van der Waals surface area contributed by atoms with Crippen LogP contribution in [0.4, 0.5) is 0 Å². The van der Waals surface area contributed by atoms with Crippen molar-refractivity contribution >= 4 is 25.0 Å². The molecule has 1 N–H and O–H groups in total. The molecule has 0 aromatic carbocycles. The Hall–Kier alpha value is 0.0400. The Morgan fingerprint density at radius 2 is 2.71 bits per heavy atom. The summed E-state index contributed by atoms with van der Waals surface area (Å²) in [7, 11) is 1.45. The lowest BCUT2D eigenvalue weighted by molar-refractivity contribution is 1.01. The van der Waals surface area contributed by atoms with E-state index in [1.165, 1.54) is 10.2 Å². The summed E-state index contributed by atoms with van der Waals surface area (Å²) < 4.78 is 0. The van der Waals surface area contributed by atoms with Crippen molar-refractivity contribution in [3.8, 4) is 0 Å². The van der Waals surface area contributed by atoms with Crippen molar-refractivity contribution in [1.29, 1.82) is 0 Å². The number of nitrogens with one attached hydrogen (secondary N) is 1. The summed E-state index contributed by atoms with van der Waals surface area (Å²) in [5.74, 6) is 0. The van der Waals surface area contributed by atoms with E-state index in [0.29, 0.717) is 0 Å². The van der Waals surface area contributed by atoms with Crippen molar-refractivity contribution in [2.24, 2.45) is 0 Å². The first-order valence-corrected chi connectivity index (χ1v) is 4.38. The van der Waals surface area contributed by atoms with Gasteiger partial charge in [-0.3, -0.25) is 5.10 Å². The van der Waals surface area contributed by atoms with Gasteiger partial charge in [0.1, 0.15) is 5.03 Å². The van der Waals surface area contributed by atoms with Crippen LogP contribution >= 0.6 is 25.0 Å². The zero-order valence-corrected chi connectivity index (χ0v) is 5.79. The van der Waals surface area contributed by atoms with E-state index >= 15 is 0 Å². The molecule has 0 bridgehead atoms. The van der Waals surface area contributed by atoms with Gasteiger partial charge >= 0.3 is 0 Å². The molecule has 0 aliphatic carbocycles. The largest absolute Gasteiger partial charge is 0.285 e. The van der Waals surface area contributed by atoms with E-state index in [9.17, 15) is 0 Å². The first-order chi connectivity index (χ1) is 3.43. The molecule has 0 fully saturated rings. The number of nitrogens with zero attached hydrogens (tertiary/aromatic N) is 1. The van der Waals surface area contributed by atoms with E-state index < -0.39 is 0 Å². The topological polar surface area (TPSA) is 28.7 Å². The van der Waals surface area contributed by atoms with E-state index in [1.807, 2.05) is 6.07 Å². The lowest BCUT2D eigenvalue weighted by Gasteiger charge is -1.74. The van der Waals surface area contributed by atoms with Crippen molar-refractivity contribution in [2.45, 2.75) is 5.03 Å². The molecule has 38 valence electrons. The van der Waals surface area contributed by atoms with Gasteiger partial charge in [0.2, 0.25) is 0 Å². The molecule has 1 heterocycles. The maximum absolute atomic E-state index is 3.83. The van der Waals surface area contributed by atoms with Crippen LogP contribution in [0, 0.1) is 0 Å². The molecule has 0 atom stereocenters. The Kier molecular flexibility index (Phi) is 1.76. The Balaban J connectivity index is 2.76. The second-order valence-electron chi connectivity index (χ2n) is 0.990. The average Bonchev–Trinajstić information content (AvgIpc) is 2.14. The van der Waals surface area contributed by atoms with Crippen LogP contribution in [0.1, 0.15) is 0 Å². The van der Waals surface area contributed by atoms with Gasteiger partial charge in [-0.1, -0.05) is 0 Å². The quantitative estimate of drug-likeness (QED) is 0.712. The van der Waals surface area contributed by atoms with Crippen LogP contribution < -0.4 is 0 Å². The van der Waals surface area contributed by atoms with Gasteiger partial charge in [0.15, 0.2) is 0 Å². The SMILES string of the molecule is BrSc1cc[nH]n1. The van der Waals surface area contributed by atoms with Crippen molar-refractivity contribution < 1.29 is 0 Å². The van der Waals surface area contributed by atoms with Gasteiger partial charge in [0.25, 0.3) is 0 Å². The van der Waals surface area contributed by atoms with Crippen LogP contribution in [-0.4, -0.2) is 10.2 Å². The third-order valence-corrected chi connectivity index (χ3v) is 1.93. The van der Waals surface area contributed by atoms with Gasteiger partial charge in [0, 0.05) is 6.20 Å². The molecular formula is C3H3BrN2S. The van der Waals surface area contributed by atoms with Gasteiger partial charge in [-0.2, -0.15) is 5.10 Å². The number of aromatic amines is 1. The molecule has 1 aromatic heterocycles. The van der Waals surface area contributed by atoms with Crippen molar-refractivity contribution in [2.75, 3.05) is 0 Å². The van der Waals surface area contributed by atoms with Crippen molar-refractivity contribution in [1.82, 2.24) is 10.2 Å². The highest BCUT2D eigenvalue weighted by Gasteiger charge is 1.86. The summed E-state index contributed by atoms with van der Waals surface area (Å²) in [4.78, 5) is 0. The molecule has 0 saturated heterocycles. The number of rotatable bonds is 1. The molecule has 0 spiro atoms. The molecule has 7 heavy (non-hydrogen) atoms. The van der Waals surface area contributed by atoms with Crippen LogP contribution in [0.25, 0.3) is 0 Å². The first-order valence-electron chi connectivity index (χ1n) is 1.72. The number of H-pyrrole nitrogens is 1. The third-order valence-electron chi connectivity index (χ3n) is 0.554. The monoisotopic (exact) mass is 178 g/mol. The minimum absolute atomic E-state index is 0.958. The lowest BCUT2D eigenvalue weighted by Crippen LogP contribution is -1.62. The number of hydrogen-bond donors (Lipinski definition) is 1. The van der Waals surface area contributed by atoms with Gasteiger partial charge in [-0.25, -0.2) is 0 Å². The molecule has 0 unspecified atom stereocenters. The summed E-state index contributed by atoms with van der Waals surface area (Å²) in [5.41, 5.74) is 0. The standard InChI is InChI=1S/C3H3BrN2S/c4-7-3-1-2-5-6-3/h1-2H,(H,5,6). The molecule has 0 aliphatic rings. The molecule has 1 rings (SSSR count). The van der Waals surface area contributed by atoms with Crippen molar-refractivity contribution in [3.63, 3.8) is 0 Å². The maximum Gasteiger partial charge on any atom is 0.129 e. The average molecular weight is 179 g/mol. The first kappa shape index (κ1) is 5.18. The van der Waals surface area contributed by atoms with E-state index in [0.717, 1.165) is 5.03 Å². The van der Waals surface area contributed by atoms with E-state index in [4.69, 9.17) is 0 Å². The molecule has 0 saturated carbocycles. The third kappa shape index (κ3) is 1.21. The minimum Gasteiger partial charge on any atom is -0.285 e. The molecule has 0 aliphatic heterocycles. The van der Waals surface area contributed by atoms with Crippen LogP contribution in [0.5, 0.6) is 0 Å². The van der Waals surface area contributed by atoms with E-state index in [-0.39, 0.29) is 0 Å². The van der Waals surface area contributed by atoms with Gasteiger partial charge in [-0.05, 0) is 31.1 Å². The minimum atomic E-state index is 0.958. The molecule has 1 aromatic rings. The van der Waals surface area contributed by atoms with Crippen LogP contribution in [-0.2, 0) is 0 Å². The number of halogens is 1. The fourth-order valence-electron chi connectivity index (χ4n) is 0.290. The van der Waals surface area contributed by atoms with E-state index in [1.54, 1.807) is 6.20 Å². The fraction of sp³-hybridized carbons (Fsp3) is 0. The van der Waals surface area contributed by atoms with E-state index in [2.05, 4.69) is 25.0 Å². The number of hydrogen-bond acceptors (Lipinski definition) is 2. The van der Waals surface area contributed by atoms with Crippen molar-refractivity contribution in [3.05, 3.63) is 12.3 Å². The van der Waals surface area contributed by atoms with Crippen LogP contribution in [0.2, 0.25) is 0 Å². The van der Waals surface area contributed by atoms with Gasteiger partial charge < -0.3 is 0 Å². The van der Waals surface area contributed by atoms with Gasteiger partial charge in [0.05, 0.1) is 0 Å². The second kappa shape index (κ2) is 2.37. The summed E-state index contributed by atoms with van der Waals surface area (Å²) in [6, 6.07) is 1.89. The summed E-state index contributed by atoms with van der Waals surface area (Å²) in [6.45, 7) is 0. The summed E-state index contributed by atoms with van der Waals surface area (Å²) >= 11 is 3.17. The smallest absolute Gasteiger partial charge is 0.129 e. The molecular weight excluding hydrogens is 176 g/mol. The highest BCUT2D eigenvalue weighted by molar-refractivity contribution is 9.50. The molecule has 0 radical (unpaired) electrons. The lowest BCUT2D eigenvalue weighted by atomic mass is 10.8. The fourth-order valence-corrected chi connectivity index (χ4v) is 1.04. The zero-order valence-electron chi connectivity index (χ0n) is 3.39. The predicted molar refractivity (Wildman–Crippen MR) is 33.4 cm³/mol. The highest BCUT2D eigenvalue weighted by atomic mass is 79.9. The molecule has 2 nitrogen and oxygen atoms in total. The normalized spacial score (nSPS) is 9.29. The zero-order chi connectivity index (χ0) is 5.11. The second-order valence-corrected chi connectivity index (χ2v) is 2.53. The number of aromatic nitrogens is 2. The summed E-state index contributed by atoms with van der Waals surface area (Å²) in [6.07, 6.45) is 1.78. The van der Waals surface area contributed by atoms with Crippen LogP contribution in [0.3, 0.4) is 0 Å². The Morgan fingerprint density at radius 1 is 1.86 bits per heavy atom. The predicted octanol–water partition coefficient (Wildman–Crippen LogP) is 1.81. The van der Waals surface area contributed by atoms with Crippen LogP contribution in [0.15, 0.2) is 17.3 Å². The maximum atomic E-state index is 3.83. The molecule has 0 amide bonds. The Bertz CT molecular complexity index is 127.